The molecule has 9 nitrogen and oxygen atoms in total. The standard InChI is InChI=1S/C21H32BN3O6/c26-11-10-23-8-9-24-16-6-4-14(5-7-16)12-19(27)25-18-13-15-2-1-3-17(21(28)29)20(15)31-22(18)30/h1-3,14,16,18,23-24,26,30H,4-13H2,(H,25,27)(H,28,29)/t14?,16?,18-/m0/s1. The molecule has 1 aliphatic carbocycles. The van der Waals surface area contributed by atoms with E-state index in [9.17, 15) is 19.7 Å². The highest BCUT2D eigenvalue weighted by atomic mass is 16.5. The second-order valence-electron chi connectivity index (χ2n) is 8.34. The van der Waals surface area contributed by atoms with E-state index < -0.39 is 19.0 Å². The smallest absolute Gasteiger partial charge is 0.534 e. The Labute approximate surface area is 182 Å². The molecule has 0 aromatic heterocycles. The van der Waals surface area contributed by atoms with Crippen LogP contribution in [0.2, 0.25) is 0 Å². The molecule has 0 saturated heterocycles. The second kappa shape index (κ2) is 11.5. The first-order valence-corrected chi connectivity index (χ1v) is 11.0. The molecule has 6 N–H and O–H groups in total. The molecule has 170 valence electrons. The van der Waals surface area contributed by atoms with Crippen LogP contribution in [-0.4, -0.2) is 72.5 Å². The Morgan fingerprint density at radius 2 is 1.90 bits per heavy atom. The quantitative estimate of drug-likeness (QED) is 0.223. The van der Waals surface area contributed by atoms with Gasteiger partial charge in [-0.25, -0.2) is 4.79 Å². The predicted molar refractivity (Wildman–Crippen MR) is 116 cm³/mol. The molecule has 1 saturated carbocycles. The van der Waals surface area contributed by atoms with Crippen LogP contribution >= 0.6 is 0 Å². The number of carboxylic acids is 1. The number of hydrogen-bond donors (Lipinski definition) is 6. The molecule has 10 heteroatoms. The molecule has 1 heterocycles. The third-order valence-electron chi connectivity index (χ3n) is 6.04. The van der Waals surface area contributed by atoms with Crippen molar-refractivity contribution >= 4 is 19.0 Å². The van der Waals surface area contributed by atoms with Crippen LogP contribution in [-0.2, 0) is 11.2 Å². The van der Waals surface area contributed by atoms with Gasteiger partial charge in [0.05, 0.1) is 18.1 Å². The predicted octanol–water partition coefficient (Wildman–Crippen LogP) is -0.0554. The maximum atomic E-state index is 12.5. The molecule has 1 atom stereocenters. The van der Waals surface area contributed by atoms with E-state index in [-0.39, 0.29) is 23.8 Å². The van der Waals surface area contributed by atoms with Crippen molar-refractivity contribution in [2.24, 2.45) is 5.92 Å². The average Bonchev–Trinajstić information content (AvgIpc) is 2.74. The van der Waals surface area contributed by atoms with Gasteiger partial charge < -0.3 is 35.8 Å². The molecular weight excluding hydrogens is 401 g/mol. The Hall–Kier alpha value is -2.14. The summed E-state index contributed by atoms with van der Waals surface area (Å²) >= 11 is 0. The summed E-state index contributed by atoms with van der Waals surface area (Å²) in [5.74, 6) is -1.34. The van der Waals surface area contributed by atoms with Crippen LogP contribution in [0.15, 0.2) is 18.2 Å². The van der Waals surface area contributed by atoms with E-state index in [0.29, 0.717) is 36.9 Å². The van der Waals surface area contributed by atoms with Crippen molar-refractivity contribution in [3.05, 3.63) is 29.3 Å². The molecule has 0 bridgehead atoms. The number of nitrogens with one attached hydrogen (secondary N) is 3. The molecule has 31 heavy (non-hydrogen) atoms. The summed E-state index contributed by atoms with van der Waals surface area (Å²) in [6, 6.07) is 5.28. The van der Waals surface area contributed by atoms with Gasteiger partial charge in [0.25, 0.3) is 0 Å². The Morgan fingerprint density at radius 1 is 1.13 bits per heavy atom. The van der Waals surface area contributed by atoms with E-state index >= 15 is 0 Å². The summed E-state index contributed by atoms with van der Waals surface area (Å²) in [6.07, 6.45) is 4.74. The molecule has 1 aromatic carbocycles. The van der Waals surface area contributed by atoms with Crippen LogP contribution in [0, 0.1) is 5.92 Å². The van der Waals surface area contributed by atoms with Crippen LogP contribution in [0.1, 0.15) is 48.0 Å². The summed E-state index contributed by atoms with van der Waals surface area (Å²) in [4.78, 5) is 23.9. The number of amides is 1. The van der Waals surface area contributed by atoms with Crippen molar-refractivity contribution in [1.29, 1.82) is 0 Å². The average molecular weight is 433 g/mol. The van der Waals surface area contributed by atoms with Gasteiger partial charge in [-0.05, 0) is 49.7 Å². The Morgan fingerprint density at radius 3 is 2.61 bits per heavy atom. The summed E-state index contributed by atoms with van der Waals surface area (Å²) in [7, 11) is -1.28. The lowest BCUT2D eigenvalue weighted by Crippen LogP contribution is -2.53. The maximum absolute atomic E-state index is 12.5. The van der Waals surface area contributed by atoms with Gasteiger partial charge in [-0.2, -0.15) is 0 Å². The lowest BCUT2D eigenvalue weighted by atomic mass is 9.72. The number of carbonyl (C=O) groups is 2. The molecule has 0 unspecified atom stereocenters. The highest BCUT2D eigenvalue weighted by Crippen LogP contribution is 2.31. The molecule has 0 spiro atoms. The van der Waals surface area contributed by atoms with Crippen molar-refractivity contribution in [2.45, 2.75) is 50.5 Å². The second-order valence-corrected chi connectivity index (χ2v) is 8.34. The first kappa shape index (κ1) is 23.5. The third kappa shape index (κ3) is 6.67. The minimum Gasteiger partial charge on any atom is -0.534 e. The van der Waals surface area contributed by atoms with E-state index in [4.69, 9.17) is 9.76 Å². The fraction of sp³-hybridized carbons (Fsp3) is 0.619. The highest BCUT2D eigenvalue weighted by molar-refractivity contribution is 6.47. The van der Waals surface area contributed by atoms with Crippen molar-refractivity contribution in [1.82, 2.24) is 16.0 Å². The zero-order valence-corrected chi connectivity index (χ0v) is 17.7. The molecule has 1 fully saturated rings. The van der Waals surface area contributed by atoms with E-state index in [1.54, 1.807) is 12.1 Å². The summed E-state index contributed by atoms with van der Waals surface area (Å²) in [6.45, 7) is 2.44. The molecule has 0 radical (unpaired) electrons. The minimum atomic E-state index is -1.28. The summed E-state index contributed by atoms with van der Waals surface area (Å²) in [5, 5.41) is 37.8. The fourth-order valence-electron chi connectivity index (χ4n) is 4.38. The van der Waals surface area contributed by atoms with Gasteiger partial charge in [-0.3, -0.25) is 4.79 Å². The van der Waals surface area contributed by atoms with Gasteiger partial charge in [-0.15, -0.1) is 0 Å². The fourth-order valence-corrected chi connectivity index (χ4v) is 4.38. The van der Waals surface area contributed by atoms with Gasteiger partial charge in [0.2, 0.25) is 5.91 Å². The topological polar surface area (TPSA) is 140 Å². The monoisotopic (exact) mass is 433 g/mol. The van der Waals surface area contributed by atoms with Crippen molar-refractivity contribution < 1.29 is 29.5 Å². The number of aliphatic hydroxyl groups excluding tert-OH is 1. The normalized spacial score (nSPS) is 23.0. The molecule has 1 aliphatic heterocycles. The third-order valence-corrected chi connectivity index (χ3v) is 6.04. The Bertz CT molecular complexity index is 757. The minimum absolute atomic E-state index is 0.0101. The Balaban J connectivity index is 1.41. The number of aromatic carboxylic acids is 1. The van der Waals surface area contributed by atoms with Crippen LogP contribution < -0.4 is 20.6 Å². The molecular formula is C21H32BN3O6. The van der Waals surface area contributed by atoms with Crippen LogP contribution in [0.4, 0.5) is 0 Å². The lowest BCUT2D eigenvalue weighted by molar-refractivity contribution is -0.122. The number of aliphatic hydroxyl groups is 1. The van der Waals surface area contributed by atoms with Crippen LogP contribution in [0.25, 0.3) is 0 Å². The number of fused-ring (bicyclic) bond motifs is 1. The van der Waals surface area contributed by atoms with Gasteiger partial charge in [0.15, 0.2) is 0 Å². The first-order chi connectivity index (χ1) is 15.0. The van der Waals surface area contributed by atoms with Crippen molar-refractivity contribution in [3.63, 3.8) is 0 Å². The summed E-state index contributed by atoms with van der Waals surface area (Å²) < 4.78 is 5.44. The number of carboxylic acid groups (broad SMARTS) is 1. The highest BCUT2D eigenvalue weighted by Gasteiger charge is 2.38. The Kier molecular flexibility index (Phi) is 8.71. The maximum Gasteiger partial charge on any atom is 0.547 e. The van der Waals surface area contributed by atoms with Crippen molar-refractivity contribution in [3.8, 4) is 5.75 Å². The van der Waals surface area contributed by atoms with E-state index in [2.05, 4.69) is 16.0 Å². The van der Waals surface area contributed by atoms with E-state index in [1.807, 2.05) is 0 Å². The lowest BCUT2D eigenvalue weighted by Gasteiger charge is -2.31. The van der Waals surface area contributed by atoms with Crippen LogP contribution in [0.5, 0.6) is 5.75 Å². The largest absolute Gasteiger partial charge is 0.547 e. The zero-order chi connectivity index (χ0) is 22.2. The van der Waals surface area contributed by atoms with Gasteiger partial charge in [0, 0.05) is 32.1 Å². The van der Waals surface area contributed by atoms with Gasteiger partial charge in [0.1, 0.15) is 5.75 Å². The van der Waals surface area contributed by atoms with E-state index in [1.165, 1.54) is 6.07 Å². The number of para-hydroxylation sites is 1. The van der Waals surface area contributed by atoms with Crippen molar-refractivity contribution in [2.75, 3.05) is 26.2 Å². The summed E-state index contributed by atoms with van der Waals surface area (Å²) in [5.41, 5.74) is 0.673. The molecule has 1 aromatic rings. The SMILES string of the molecule is O=C(CC1CCC(NCCNCCO)CC1)N[C@H]1Cc2cccc(C(=O)O)c2OB1O. The van der Waals surface area contributed by atoms with Crippen LogP contribution in [0.3, 0.4) is 0 Å². The molecule has 2 aliphatic rings. The molecule has 1 amide bonds. The first-order valence-electron chi connectivity index (χ1n) is 11.0. The van der Waals surface area contributed by atoms with E-state index in [0.717, 1.165) is 38.8 Å². The zero-order valence-electron chi connectivity index (χ0n) is 17.7. The number of hydrogen-bond acceptors (Lipinski definition) is 7. The number of rotatable bonds is 10. The number of benzene rings is 1. The van der Waals surface area contributed by atoms with Gasteiger partial charge >= 0.3 is 13.1 Å². The van der Waals surface area contributed by atoms with Gasteiger partial charge in [-0.1, -0.05) is 12.1 Å². The molecule has 3 rings (SSSR count). The number of carbonyl (C=O) groups excluding carboxylic acids is 1.